The predicted molar refractivity (Wildman–Crippen MR) is 99.9 cm³/mol. The summed E-state index contributed by atoms with van der Waals surface area (Å²) in [6.45, 7) is 4.12. The molecule has 4 rings (SSSR count). The third-order valence-electron chi connectivity index (χ3n) is 4.92. The van der Waals surface area contributed by atoms with Crippen LogP contribution >= 0.6 is 0 Å². The number of piperazine rings is 1. The first-order valence-electron chi connectivity index (χ1n) is 8.93. The van der Waals surface area contributed by atoms with Gasteiger partial charge in [-0.1, -0.05) is 30.3 Å². The highest BCUT2D eigenvalue weighted by atomic mass is 16.2. The van der Waals surface area contributed by atoms with Crippen molar-refractivity contribution >= 4 is 18.2 Å². The maximum Gasteiger partial charge on any atom is 0.341 e. The molecule has 2 aliphatic heterocycles. The van der Waals surface area contributed by atoms with E-state index in [0.29, 0.717) is 25.6 Å². The number of carbonyl (C=O) groups excluding carboxylic acids is 1. The summed E-state index contributed by atoms with van der Waals surface area (Å²) in [4.78, 5) is 25.8. The van der Waals surface area contributed by atoms with Gasteiger partial charge >= 0.3 is 6.03 Å². The number of nitrogens with zero attached hydrogens (tertiary/aromatic N) is 6. The Hall–Kier alpha value is -2.96. The summed E-state index contributed by atoms with van der Waals surface area (Å²) in [5.41, 5.74) is 1.11. The van der Waals surface area contributed by atoms with Gasteiger partial charge in [0.15, 0.2) is 0 Å². The van der Waals surface area contributed by atoms with Gasteiger partial charge in [-0.3, -0.25) is 0 Å². The quantitative estimate of drug-likeness (QED) is 0.835. The summed E-state index contributed by atoms with van der Waals surface area (Å²) in [7, 11) is 0. The van der Waals surface area contributed by atoms with Gasteiger partial charge in [-0.15, -0.1) is 0 Å². The molecule has 3 heterocycles. The van der Waals surface area contributed by atoms with Crippen molar-refractivity contribution in [1.29, 1.82) is 0 Å². The highest BCUT2D eigenvalue weighted by Gasteiger charge is 2.36. The van der Waals surface area contributed by atoms with Crippen LogP contribution in [0.15, 0.2) is 53.9 Å². The number of hydrazone groups is 1. The average Bonchev–Trinajstić information content (AvgIpc) is 3.19. The molecule has 0 aliphatic carbocycles. The lowest BCUT2D eigenvalue weighted by Gasteiger charge is -2.41. The zero-order valence-corrected chi connectivity index (χ0v) is 14.8. The number of aromatic nitrogens is 2. The van der Waals surface area contributed by atoms with E-state index in [9.17, 15) is 4.79 Å². The molecule has 2 aliphatic rings. The lowest BCUT2D eigenvalue weighted by Crippen LogP contribution is -2.57. The Bertz CT molecular complexity index is 781. The molecule has 7 heteroatoms. The first-order chi connectivity index (χ1) is 12.7. The van der Waals surface area contributed by atoms with Gasteiger partial charge in [0.05, 0.1) is 6.04 Å². The molecule has 1 fully saturated rings. The summed E-state index contributed by atoms with van der Waals surface area (Å²) < 4.78 is 0. The van der Waals surface area contributed by atoms with Crippen LogP contribution in [0.5, 0.6) is 0 Å². The molecule has 26 heavy (non-hydrogen) atoms. The zero-order chi connectivity index (χ0) is 17.9. The van der Waals surface area contributed by atoms with E-state index < -0.39 is 0 Å². The number of hydrogen-bond acceptors (Lipinski definition) is 5. The van der Waals surface area contributed by atoms with Crippen LogP contribution < -0.4 is 4.90 Å². The summed E-state index contributed by atoms with van der Waals surface area (Å²) >= 11 is 0. The van der Waals surface area contributed by atoms with Crippen molar-refractivity contribution in [3.8, 4) is 0 Å². The van der Waals surface area contributed by atoms with Crippen LogP contribution in [0, 0.1) is 0 Å². The Balaban J connectivity index is 1.46. The van der Waals surface area contributed by atoms with E-state index in [1.807, 2.05) is 47.5 Å². The highest BCUT2D eigenvalue weighted by molar-refractivity contribution is 5.79. The van der Waals surface area contributed by atoms with Crippen LogP contribution in [0.4, 0.5) is 10.7 Å². The normalized spacial score (nSPS) is 22.7. The number of amides is 2. The number of benzene rings is 1. The molecule has 0 spiro atoms. The Morgan fingerprint density at radius 3 is 2.58 bits per heavy atom. The monoisotopic (exact) mass is 350 g/mol. The SMILES string of the molecule is CC1CN(c2ncccn2)CCN1C(=O)N1N=CCC1c1ccccc1. The van der Waals surface area contributed by atoms with Crippen molar-refractivity contribution in [2.75, 3.05) is 24.5 Å². The maximum absolute atomic E-state index is 13.1. The van der Waals surface area contributed by atoms with Crippen molar-refractivity contribution in [2.45, 2.75) is 25.4 Å². The minimum atomic E-state index is -0.0336. The Labute approximate surface area is 153 Å². The third-order valence-corrected chi connectivity index (χ3v) is 4.92. The van der Waals surface area contributed by atoms with Crippen molar-refractivity contribution in [3.63, 3.8) is 0 Å². The molecule has 134 valence electrons. The van der Waals surface area contributed by atoms with E-state index in [2.05, 4.69) is 26.9 Å². The topological polar surface area (TPSA) is 64.9 Å². The van der Waals surface area contributed by atoms with Crippen molar-refractivity contribution < 1.29 is 4.79 Å². The molecule has 1 saturated heterocycles. The molecular weight excluding hydrogens is 328 g/mol. The zero-order valence-electron chi connectivity index (χ0n) is 14.8. The molecule has 2 atom stereocenters. The molecule has 2 amide bonds. The second-order valence-corrected chi connectivity index (χ2v) is 6.62. The van der Waals surface area contributed by atoms with Gasteiger partial charge in [-0.2, -0.15) is 5.10 Å². The van der Waals surface area contributed by atoms with Crippen molar-refractivity contribution in [1.82, 2.24) is 19.9 Å². The summed E-state index contributed by atoms with van der Waals surface area (Å²) in [5.74, 6) is 0.716. The van der Waals surface area contributed by atoms with Crippen LogP contribution in [0.25, 0.3) is 0 Å². The van der Waals surface area contributed by atoms with Crippen LogP contribution in [-0.4, -0.2) is 57.8 Å². The van der Waals surface area contributed by atoms with E-state index in [1.165, 1.54) is 0 Å². The lowest BCUT2D eigenvalue weighted by molar-refractivity contribution is 0.121. The van der Waals surface area contributed by atoms with Gasteiger partial charge in [0.1, 0.15) is 0 Å². The third kappa shape index (κ3) is 3.12. The Kier molecular flexibility index (Phi) is 4.51. The molecule has 0 N–H and O–H groups in total. The second-order valence-electron chi connectivity index (χ2n) is 6.62. The maximum atomic E-state index is 13.1. The van der Waals surface area contributed by atoms with E-state index in [1.54, 1.807) is 17.4 Å². The fourth-order valence-corrected chi connectivity index (χ4v) is 3.56. The van der Waals surface area contributed by atoms with Gasteiger partial charge in [-0.05, 0) is 18.6 Å². The van der Waals surface area contributed by atoms with Gasteiger partial charge in [0, 0.05) is 50.7 Å². The molecule has 7 nitrogen and oxygen atoms in total. The van der Waals surface area contributed by atoms with Crippen LogP contribution in [0.1, 0.15) is 24.9 Å². The van der Waals surface area contributed by atoms with Crippen molar-refractivity contribution in [3.05, 3.63) is 54.4 Å². The van der Waals surface area contributed by atoms with Crippen LogP contribution in [0.2, 0.25) is 0 Å². The average molecular weight is 350 g/mol. The predicted octanol–water partition coefficient (Wildman–Crippen LogP) is 2.54. The smallest absolute Gasteiger partial charge is 0.337 e. The standard InChI is InChI=1S/C19H22N6O/c1-15-14-23(18-20-9-5-10-21-18)12-13-24(15)19(26)25-17(8-11-22-25)16-6-3-2-4-7-16/h2-7,9-11,15,17H,8,12-14H2,1H3. The summed E-state index contributed by atoms with van der Waals surface area (Å²) in [6, 6.07) is 11.9. The molecule has 0 radical (unpaired) electrons. The molecule has 1 aromatic carbocycles. The highest BCUT2D eigenvalue weighted by Crippen LogP contribution is 2.30. The molecule has 2 unspecified atom stereocenters. The minimum absolute atomic E-state index is 0.0219. The Morgan fingerprint density at radius 1 is 1.08 bits per heavy atom. The van der Waals surface area contributed by atoms with E-state index in [4.69, 9.17) is 0 Å². The largest absolute Gasteiger partial charge is 0.341 e. The van der Waals surface area contributed by atoms with Crippen LogP contribution in [0.3, 0.4) is 0 Å². The molecule has 2 aromatic rings. The number of carbonyl (C=O) groups is 1. The summed E-state index contributed by atoms with van der Waals surface area (Å²) in [6.07, 6.45) is 6.07. The van der Waals surface area contributed by atoms with E-state index >= 15 is 0 Å². The lowest BCUT2D eigenvalue weighted by atomic mass is 10.0. The first kappa shape index (κ1) is 16.5. The number of urea groups is 1. The second kappa shape index (κ2) is 7.11. The number of anilines is 1. The molecule has 1 aromatic heterocycles. The van der Waals surface area contributed by atoms with Gasteiger partial charge in [-0.25, -0.2) is 19.8 Å². The first-order valence-corrected chi connectivity index (χ1v) is 8.93. The Morgan fingerprint density at radius 2 is 1.85 bits per heavy atom. The molecule has 0 bridgehead atoms. The molecular formula is C19H22N6O. The fourth-order valence-electron chi connectivity index (χ4n) is 3.56. The van der Waals surface area contributed by atoms with E-state index in [-0.39, 0.29) is 18.1 Å². The molecule has 0 saturated carbocycles. The van der Waals surface area contributed by atoms with E-state index in [0.717, 1.165) is 12.0 Å². The number of rotatable bonds is 2. The van der Waals surface area contributed by atoms with Crippen molar-refractivity contribution in [2.24, 2.45) is 5.10 Å². The van der Waals surface area contributed by atoms with Gasteiger partial charge < -0.3 is 9.80 Å². The van der Waals surface area contributed by atoms with Crippen LogP contribution in [-0.2, 0) is 0 Å². The van der Waals surface area contributed by atoms with Gasteiger partial charge in [0.25, 0.3) is 0 Å². The minimum Gasteiger partial charge on any atom is -0.337 e. The number of hydrogen-bond donors (Lipinski definition) is 0. The fraction of sp³-hybridized carbons (Fsp3) is 0.368. The van der Waals surface area contributed by atoms with Gasteiger partial charge in [0.2, 0.25) is 5.95 Å². The summed E-state index contributed by atoms with van der Waals surface area (Å²) in [5, 5.41) is 5.98.